The first-order chi connectivity index (χ1) is 15.2. The van der Waals surface area contributed by atoms with Gasteiger partial charge >= 0.3 is 0 Å². The highest BCUT2D eigenvalue weighted by atomic mass is 35.5. The van der Waals surface area contributed by atoms with E-state index in [4.69, 9.17) is 16.6 Å². The van der Waals surface area contributed by atoms with E-state index in [1.807, 2.05) is 12.1 Å². The average Bonchev–Trinajstić information content (AvgIpc) is 3.10. The van der Waals surface area contributed by atoms with Crippen molar-refractivity contribution in [2.24, 2.45) is 7.05 Å². The molecule has 6 heteroatoms. The van der Waals surface area contributed by atoms with Crippen molar-refractivity contribution < 1.29 is 4.79 Å². The van der Waals surface area contributed by atoms with E-state index in [-0.39, 0.29) is 0 Å². The molecule has 0 radical (unpaired) electrons. The van der Waals surface area contributed by atoms with Crippen molar-refractivity contribution >= 4 is 40.7 Å². The molecule has 0 saturated heterocycles. The summed E-state index contributed by atoms with van der Waals surface area (Å²) < 4.78 is 2.18. The molecule has 0 atom stereocenters. The maximum absolute atomic E-state index is 10.4. The first-order valence-electron chi connectivity index (χ1n) is 10.8. The van der Waals surface area contributed by atoms with Gasteiger partial charge in [-0.25, -0.2) is 4.98 Å². The molecule has 1 aromatic heterocycles. The Hall–Kier alpha value is -2.63. The maximum atomic E-state index is 10.4. The Kier molecular flexibility index (Phi) is 8.68. The van der Waals surface area contributed by atoms with E-state index in [2.05, 4.69) is 59.1 Å². The molecule has 0 bridgehead atoms. The van der Waals surface area contributed by atoms with Crippen LogP contribution in [0.5, 0.6) is 0 Å². The summed E-state index contributed by atoms with van der Waals surface area (Å²) in [4.78, 5) is 17.6. The molecule has 5 nitrogen and oxygen atoms in total. The number of halogens is 1. The van der Waals surface area contributed by atoms with Crippen molar-refractivity contribution in [3.05, 3.63) is 65.5 Å². The zero-order valence-corrected chi connectivity index (χ0v) is 19.1. The highest BCUT2D eigenvalue weighted by molar-refractivity contribution is 6.18. The van der Waals surface area contributed by atoms with E-state index in [9.17, 15) is 4.79 Å². The number of aldehydes is 1. The topological polar surface area (TPSA) is 50.2 Å². The Bertz CT molecular complexity index is 1000. The number of carbonyl (C=O) groups is 1. The summed E-state index contributed by atoms with van der Waals surface area (Å²) in [6.07, 6.45) is 6.05. The number of aryl methyl sites for hydroxylation is 1. The number of anilines is 1. The van der Waals surface area contributed by atoms with Crippen LogP contribution in [0.2, 0.25) is 0 Å². The number of carbonyl (C=O) groups excluding carboxylic acids is 1. The highest BCUT2D eigenvalue weighted by Gasteiger charge is 2.11. The van der Waals surface area contributed by atoms with E-state index >= 15 is 0 Å². The standard InChI is InChI=1S/C25H31ClN4O/c1-3-15-30(16-13-26)22-10-11-24-23(18-22)28-25(29(24)2)12-14-27-19-21-8-6-20(7-9-21)5-4-17-31/h4-11,17-18,27H,3,12-16,19H2,1-2H3/b5-4+. The van der Waals surface area contributed by atoms with Gasteiger partial charge in [0.2, 0.25) is 0 Å². The van der Waals surface area contributed by atoms with Crippen LogP contribution in [0.1, 0.15) is 30.3 Å². The molecular formula is C25H31ClN4O. The number of nitrogens with zero attached hydrogens (tertiary/aromatic N) is 3. The average molecular weight is 439 g/mol. The molecule has 0 fully saturated rings. The number of imidazole rings is 1. The molecule has 2 aromatic carbocycles. The number of hydrogen-bond donors (Lipinski definition) is 1. The van der Waals surface area contributed by atoms with E-state index < -0.39 is 0 Å². The third kappa shape index (κ3) is 6.18. The molecule has 3 rings (SSSR count). The Balaban J connectivity index is 1.59. The molecule has 0 unspecified atom stereocenters. The molecule has 0 saturated carbocycles. The van der Waals surface area contributed by atoms with E-state index in [0.29, 0.717) is 5.88 Å². The number of alkyl halides is 1. The van der Waals surface area contributed by atoms with Crippen LogP contribution in [0.4, 0.5) is 5.69 Å². The molecule has 1 heterocycles. The van der Waals surface area contributed by atoms with Crippen LogP contribution >= 0.6 is 11.6 Å². The largest absolute Gasteiger partial charge is 0.370 e. The van der Waals surface area contributed by atoms with Crippen LogP contribution in [-0.4, -0.2) is 41.4 Å². The van der Waals surface area contributed by atoms with E-state index in [0.717, 1.165) is 67.7 Å². The number of aromatic nitrogens is 2. The molecule has 0 aliphatic carbocycles. The lowest BCUT2D eigenvalue weighted by Crippen LogP contribution is -2.26. The zero-order valence-electron chi connectivity index (χ0n) is 18.4. The number of hydrogen-bond acceptors (Lipinski definition) is 4. The summed E-state index contributed by atoms with van der Waals surface area (Å²) in [5.41, 5.74) is 5.61. The van der Waals surface area contributed by atoms with E-state index in [1.54, 1.807) is 6.08 Å². The van der Waals surface area contributed by atoms with Gasteiger partial charge in [0.15, 0.2) is 0 Å². The van der Waals surface area contributed by atoms with Gasteiger partial charge in [-0.2, -0.15) is 0 Å². The normalized spacial score (nSPS) is 11.5. The number of allylic oxidation sites excluding steroid dienone is 1. The minimum Gasteiger partial charge on any atom is -0.370 e. The number of fused-ring (bicyclic) bond motifs is 1. The van der Waals surface area contributed by atoms with Crippen LogP contribution in [0.25, 0.3) is 17.1 Å². The first kappa shape index (κ1) is 23.0. The first-order valence-corrected chi connectivity index (χ1v) is 11.4. The van der Waals surface area contributed by atoms with Gasteiger partial charge in [0.25, 0.3) is 0 Å². The third-order valence-electron chi connectivity index (χ3n) is 5.37. The summed E-state index contributed by atoms with van der Waals surface area (Å²) >= 11 is 5.99. The van der Waals surface area contributed by atoms with Crippen LogP contribution in [0.3, 0.4) is 0 Å². The molecular weight excluding hydrogens is 408 g/mol. The number of benzene rings is 2. The minimum atomic E-state index is 0.620. The second-order valence-electron chi connectivity index (χ2n) is 7.60. The van der Waals surface area contributed by atoms with Gasteiger partial charge in [0.05, 0.1) is 11.0 Å². The van der Waals surface area contributed by atoms with Gasteiger partial charge in [0.1, 0.15) is 12.1 Å². The number of rotatable bonds is 12. The summed E-state index contributed by atoms with van der Waals surface area (Å²) in [5, 5.41) is 3.50. The van der Waals surface area contributed by atoms with Crippen molar-refractivity contribution in [3.63, 3.8) is 0 Å². The van der Waals surface area contributed by atoms with Crippen molar-refractivity contribution in [1.29, 1.82) is 0 Å². The zero-order chi connectivity index (χ0) is 22.1. The molecule has 0 spiro atoms. The van der Waals surface area contributed by atoms with Crippen molar-refractivity contribution in [2.45, 2.75) is 26.3 Å². The van der Waals surface area contributed by atoms with Gasteiger partial charge in [0, 0.05) is 51.2 Å². The SMILES string of the molecule is CCCN(CCCl)c1ccc2c(c1)nc(CCNCc1ccc(/C=C/C=O)cc1)n2C. The Morgan fingerprint density at radius 2 is 1.97 bits per heavy atom. The second kappa shape index (κ2) is 11.7. The lowest BCUT2D eigenvalue weighted by molar-refractivity contribution is -0.104. The molecule has 0 aliphatic rings. The monoisotopic (exact) mass is 438 g/mol. The van der Waals surface area contributed by atoms with Gasteiger partial charge in [-0.1, -0.05) is 37.3 Å². The summed E-state index contributed by atoms with van der Waals surface area (Å²) in [7, 11) is 2.08. The molecule has 0 aliphatic heterocycles. The second-order valence-corrected chi connectivity index (χ2v) is 7.98. The molecule has 164 valence electrons. The smallest absolute Gasteiger partial charge is 0.142 e. The summed E-state index contributed by atoms with van der Waals surface area (Å²) in [6.45, 7) is 5.68. The van der Waals surface area contributed by atoms with Crippen LogP contribution < -0.4 is 10.2 Å². The number of nitrogens with one attached hydrogen (secondary N) is 1. The van der Waals surface area contributed by atoms with Crippen LogP contribution in [0.15, 0.2) is 48.5 Å². The predicted molar refractivity (Wildman–Crippen MR) is 131 cm³/mol. The molecule has 1 N–H and O–H groups in total. The van der Waals surface area contributed by atoms with Crippen molar-refractivity contribution in [2.75, 3.05) is 30.4 Å². The Labute approximate surface area is 189 Å². The lowest BCUT2D eigenvalue weighted by atomic mass is 10.1. The fraction of sp³-hybridized carbons (Fsp3) is 0.360. The fourth-order valence-corrected chi connectivity index (χ4v) is 3.93. The Morgan fingerprint density at radius 3 is 2.68 bits per heavy atom. The predicted octanol–water partition coefficient (Wildman–Crippen LogP) is 4.57. The van der Waals surface area contributed by atoms with Crippen LogP contribution in [0, 0.1) is 0 Å². The van der Waals surface area contributed by atoms with Gasteiger partial charge in [-0.3, -0.25) is 4.79 Å². The lowest BCUT2D eigenvalue weighted by Gasteiger charge is -2.23. The fourth-order valence-electron chi connectivity index (χ4n) is 3.73. The van der Waals surface area contributed by atoms with Gasteiger partial charge in [-0.05, 0) is 41.8 Å². The van der Waals surface area contributed by atoms with Crippen LogP contribution in [-0.2, 0) is 24.8 Å². The van der Waals surface area contributed by atoms with Crippen molar-refractivity contribution in [3.8, 4) is 0 Å². The van der Waals surface area contributed by atoms with Gasteiger partial charge < -0.3 is 14.8 Å². The molecule has 0 amide bonds. The summed E-state index contributed by atoms with van der Waals surface area (Å²) in [6, 6.07) is 14.7. The van der Waals surface area contributed by atoms with Gasteiger partial charge in [-0.15, -0.1) is 11.6 Å². The van der Waals surface area contributed by atoms with Crippen molar-refractivity contribution in [1.82, 2.24) is 14.9 Å². The minimum absolute atomic E-state index is 0.620. The maximum Gasteiger partial charge on any atom is 0.142 e. The quantitative estimate of drug-likeness (QED) is 0.195. The van der Waals surface area contributed by atoms with E-state index in [1.165, 1.54) is 17.3 Å². The summed E-state index contributed by atoms with van der Waals surface area (Å²) in [5.74, 6) is 1.70. The third-order valence-corrected chi connectivity index (χ3v) is 5.54. The Morgan fingerprint density at radius 1 is 1.16 bits per heavy atom. The molecule has 31 heavy (non-hydrogen) atoms. The molecule has 3 aromatic rings. The highest BCUT2D eigenvalue weighted by Crippen LogP contribution is 2.23.